The standard InChI is InChI=1S/C62H49N5O/c63-60(51-33-32-49(52-37-53(51)52)44-20-10-3-11-21-44)67-61(46-22-12-4-13-23-46)64-39-40-34-54-50-31-30-48(42-18-8-2-9-19-42)36-58(50)68-59(54)55(35-40)57-38-56(65-62(66-57)47-24-14-5-15-25-47)45-28-26-43(27-29-45)41-16-6-1-7-17-41/h1-33,35,38,40,48,52-53H,34,36-37,39H2,(H2,63,64,67)/t40?,48?,52?,53-/m0/s1. The van der Waals surface area contributed by atoms with Gasteiger partial charge in [0.2, 0.25) is 0 Å². The Balaban J connectivity index is 0.946. The maximum absolute atomic E-state index is 7.05. The molecule has 328 valence electrons. The van der Waals surface area contributed by atoms with Crippen LogP contribution in [-0.4, -0.2) is 28.2 Å². The van der Waals surface area contributed by atoms with E-state index in [1.54, 1.807) is 0 Å². The van der Waals surface area contributed by atoms with Crippen molar-refractivity contribution in [3.05, 3.63) is 257 Å². The summed E-state index contributed by atoms with van der Waals surface area (Å²) < 4.78 is 7.05. The van der Waals surface area contributed by atoms with Crippen molar-refractivity contribution in [2.24, 2.45) is 33.5 Å². The van der Waals surface area contributed by atoms with Crippen LogP contribution in [0.2, 0.25) is 0 Å². The summed E-state index contributed by atoms with van der Waals surface area (Å²) in [6.45, 7) is 0.494. The number of fused-ring (bicyclic) bond motifs is 4. The minimum Gasteiger partial charge on any atom is -0.460 e. The fraction of sp³-hybridized carbons (Fsp3) is 0.129. The number of furan rings is 1. The highest BCUT2D eigenvalue weighted by Gasteiger charge is 2.45. The number of hydrogen-bond donors (Lipinski definition) is 1. The van der Waals surface area contributed by atoms with Crippen molar-refractivity contribution < 1.29 is 4.42 Å². The molecule has 2 heterocycles. The Morgan fingerprint density at radius 3 is 1.96 bits per heavy atom. The van der Waals surface area contributed by atoms with Gasteiger partial charge in [0.1, 0.15) is 17.4 Å². The zero-order valence-corrected chi connectivity index (χ0v) is 37.6. The number of allylic oxidation sites excluding steroid dienone is 4. The fourth-order valence-electron chi connectivity index (χ4n) is 10.3. The highest BCUT2D eigenvalue weighted by molar-refractivity contribution is 6.11. The Kier molecular flexibility index (Phi) is 10.8. The average Bonchev–Trinajstić information content (AvgIpc) is 4.14. The molecule has 12 rings (SSSR count). The van der Waals surface area contributed by atoms with Crippen LogP contribution in [0.1, 0.15) is 57.4 Å². The molecule has 6 aromatic carbocycles. The van der Waals surface area contributed by atoms with E-state index < -0.39 is 0 Å². The molecule has 1 saturated carbocycles. The third-order valence-corrected chi connectivity index (χ3v) is 13.9. The Bertz CT molecular complexity index is 3330. The monoisotopic (exact) mass is 879 g/mol. The van der Waals surface area contributed by atoms with Crippen LogP contribution in [0.4, 0.5) is 0 Å². The van der Waals surface area contributed by atoms with Crippen LogP contribution in [0.3, 0.4) is 0 Å². The normalized spacial score (nSPS) is 19.5. The van der Waals surface area contributed by atoms with Gasteiger partial charge in [0.05, 0.1) is 11.4 Å². The lowest BCUT2D eigenvalue weighted by atomic mass is 9.82. The highest BCUT2D eigenvalue weighted by Crippen LogP contribution is 2.54. The molecule has 0 radical (unpaired) electrons. The van der Waals surface area contributed by atoms with E-state index in [2.05, 4.69) is 170 Å². The number of hydrogen-bond acceptors (Lipinski definition) is 4. The second-order valence-corrected chi connectivity index (χ2v) is 18.2. The van der Waals surface area contributed by atoms with E-state index in [1.165, 1.54) is 27.8 Å². The first-order valence-corrected chi connectivity index (χ1v) is 23.7. The summed E-state index contributed by atoms with van der Waals surface area (Å²) in [6, 6.07) is 63.1. The van der Waals surface area contributed by atoms with E-state index in [4.69, 9.17) is 30.1 Å². The quantitative estimate of drug-likeness (QED) is 0.109. The maximum atomic E-state index is 7.05. The molecule has 8 aromatic rings. The van der Waals surface area contributed by atoms with Gasteiger partial charge in [-0.25, -0.2) is 15.0 Å². The van der Waals surface area contributed by atoms with Crippen molar-refractivity contribution in [2.75, 3.05) is 6.54 Å². The molecule has 2 N–H and O–H groups in total. The molecular weight excluding hydrogens is 831 g/mol. The number of nitrogens with zero attached hydrogens (tertiary/aromatic N) is 4. The van der Waals surface area contributed by atoms with E-state index in [1.807, 2.05) is 42.5 Å². The predicted octanol–water partition coefficient (Wildman–Crippen LogP) is 13.5. The smallest absolute Gasteiger partial charge is 0.160 e. The van der Waals surface area contributed by atoms with Crippen LogP contribution < -0.4 is 5.73 Å². The van der Waals surface area contributed by atoms with Crippen molar-refractivity contribution in [3.63, 3.8) is 0 Å². The number of amidine groups is 2. The molecule has 0 amide bonds. The molecule has 6 heteroatoms. The molecular formula is C62H49N5O. The molecule has 0 saturated heterocycles. The minimum absolute atomic E-state index is 0.0106. The van der Waals surface area contributed by atoms with Gasteiger partial charge in [0, 0.05) is 58.2 Å². The largest absolute Gasteiger partial charge is 0.460 e. The number of nitrogens with two attached hydrogens (primary N) is 1. The Labute approximate surface area is 397 Å². The second kappa shape index (κ2) is 17.9. The van der Waals surface area contributed by atoms with E-state index in [0.29, 0.717) is 35.9 Å². The summed E-state index contributed by atoms with van der Waals surface area (Å²) in [7, 11) is 0. The summed E-state index contributed by atoms with van der Waals surface area (Å²) in [5.74, 6) is 4.75. The van der Waals surface area contributed by atoms with Crippen molar-refractivity contribution in [3.8, 4) is 33.8 Å². The van der Waals surface area contributed by atoms with Gasteiger partial charge in [-0.15, -0.1) is 0 Å². The average molecular weight is 880 g/mol. The Hall–Kier alpha value is -8.22. The first-order chi connectivity index (χ1) is 33.6. The van der Waals surface area contributed by atoms with Crippen LogP contribution in [0.5, 0.6) is 0 Å². The lowest BCUT2D eigenvalue weighted by Gasteiger charge is -2.21. The lowest BCUT2D eigenvalue weighted by molar-refractivity contribution is 0.480. The van der Waals surface area contributed by atoms with Crippen molar-refractivity contribution in [2.45, 2.75) is 25.2 Å². The molecule has 1 fully saturated rings. The minimum atomic E-state index is 0.0106. The summed E-state index contributed by atoms with van der Waals surface area (Å²) in [5, 5.41) is 0. The van der Waals surface area contributed by atoms with Crippen LogP contribution in [0, 0.1) is 17.8 Å². The molecule has 6 nitrogen and oxygen atoms in total. The number of rotatable bonds is 10. The molecule has 3 unspecified atom stereocenters. The molecule has 4 aliphatic carbocycles. The molecule has 4 atom stereocenters. The molecule has 0 aliphatic heterocycles. The van der Waals surface area contributed by atoms with E-state index >= 15 is 0 Å². The Morgan fingerprint density at radius 2 is 1.24 bits per heavy atom. The topological polar surface area (TPSA) is 89.7 Å². The van der Waals surface area contributed by atoms with E-state index in [-0.39, 0.29) is 11.8 Å². The number of aliphatic imine (C=N–C) groups is 2. The van der Waals surface area contributed by atoms with Gasteiger partial charge in [0.25, 0.3) is 0 Å². The van der Waals surface area contributed by atoms with Crippen molar-refractivity contribution in [1.82, 2.24) is 9.97 Å². The van der Waals surface area contributed by atoms with Crippen LogP contribution in [0.25, 0.3) is 51.0 Å². The van der Waals surface area contributed by atoms with Gasteiger partial charge in [-0.05, 0) is 64.1 Å². The summed E-state index contributed by atoms with van der Waals surface area (Å²) in [4.78, 5) is 21.0. The van der Waals surface area contributed by atoms with Crippen molar-refractivity contribution in [1.29, 1.82) is 0 Å². The van der Waals surface area contributed by atoms with Gasteiger partial charge in [-0.1, -0.05) is 206 Å². The molecule has 4 aliphatic rings. The molecule has 68 heavy (non-hydrogen) atoms. The second-order valence-electron chi connectivity index (χ2n) is 18.2. The van der Waals surface area contributed by atoms with Gasteiger partial charge in [-0.2, -0.15) is 0 Å². The van der Waals surface area contributed by atoms with Gasteiger partial charge < -0.3 is 10.2 Å². The van der Waals surface area contributed by atoms with Gasteiger partial charge in [0.15, 0.2) is 11.7 Å². The van der Waals surface area contributed by atoms with Gasteiger partial charge in [-0.3, -0.25) is 4.99 Å². The first-order valence-electron chi connectivity index (χ1n) is 23.7. The zero-order chi connectivity index (χ0) is 45.4. The zero-order valence-electron chi connectivity index (χ0n) is 37.6. The van der Waals surface area contributed by atoms with Crippen molar-refractivity contribution >= 4 is 28.9 Å². The predicted molar refractivity (Wildman–Crippen MR) is 277 cm³/mol. The summed E-state index contributed by atoms with van der Waals surface area (Å²) in [6.07, 6.45) is 13.9. The van der Waals surface area contributed by atoms with Crippen LogP contribution >= 0.6 is 0 Å². The fourth-order valence-corrected chi connectivity index (χ4v) is 10.3. The molecule has 0 bridgehead atoms. The third-order valence-electron chi connectivity index (χ3n) is 13.9. The first kappa shape index (κ1) is 41.2. The van der Waals surface area contributed by atoms with E-state index in [0.717, 1.165) is 81.1 Å². The number of benzene rings is 6. The van der Waals surface area contributed by atoms with Crippen LogP contribution in [-0.2, 0) is 12.8 Å². The summed E-state index contributed by atoms with van der Waals surface area (Å²) in [5.41, 5.74) is 22.2. The van der Waals surface area contributed by atoms with E-state index in [9.17, 15) is 0 Å². The third kappa shape index (κ3) is 8.19. The van der Waals surface area contributed by atoms with Crippen LogP contribution in [0.15, 0.2) is 226 Å². The molecule has 0 spiro atoms. The SMILES string of the molecule is NC(=NC(=NCC1C=C(c2cc(-c3ccc(-c4ccccc4)cc3)nc(-c3ccccc3)n2)c2oc3c(c2C1)C=CC(c1ccccc1)C3)c1ccccc1)C1=CC=C(c2ccccc2)C2C[C@@H]12. The Morgan fingerprint density at radius 1 is 0.618 bits per heavy atom. The highest BCUT2D eigenvalue weighted by atomic mass is 16.3. The number of aromatic nitrogens is 2. The van der Waals surface area contributed by atoms with Gasteiger partial charge >= 0.3 is 0 Å². The molecule has 2 aromatic heterocycles. The lowest BCUT2D eigenvalue weighted by Crippen LogP contribution is -2.21. The summed E-state index contributed by atoms with van der Waals surface area (Å²) >= 11 is 0. The maximum Gasteiger partial charge on any atom is 0.160 e.